The van der Waals surface area contributed by atoms with E-state index in [9.17, 15) is 4.79 Å². The molecule has 1 aliphatic carbocycles. The number of hydrogen-bond acceptors (Lipinski definition) is 2. The van der Waals surface area contributed by atoms with Crippen LogP contribution in [0.2, 0.25) is 0 Å². The highest BCUT2D eigenvalue weighted by Gasteiger charge is 2.36. The lowest BCUT2D eigenvalue weighted by Gasteiger charge is -2.29. The van der Waals surface area contributed by atoms with E-state index in [-0.39, 0.29) is 11.4 Å². The van der Waals surface area contributed by atoms with Gasteiger partial charge in [-0.05, 0) is 32.6 Å². The van der Waals surface area contributed by atoms with Crippen LogP contribution >= 0.6 is 0 Å². The summed E-state index contributed by atoms with van der Waals surface area (Å²) in [6.07, 6.45) is 8.13. The summed E-state index contributed by atoms with van der Waals surface area (Å²) in [6.45, 7) is 4.38. The van der Waals surface area contributed by atoms with Gasteiger partial charge < -0.3 is 4.74 Å². The van der Waals surface area contributed by atoms with Gasteiger partial charge in [0.05, 0.1) is 12.0 Å². The minimum atomic E-state index is -0.311. The molecular formula is C11H18O2. The molecule has 0 fully saturated rings. The first-order chi connectivity index (χ1) is 6.25. The van der Waals surface area contributed by atoms with Crippen LogP contribution in [0.25, 0.3) is 0 Å². The molecule has 0 bridgehead atoms. The van der Waals surface area contributed by atoms with E-state index in [2.05, 4.69) is 6.08 Å². The number of carbonyl (C=O) groups excluding carboxylic acids is 1. The number of hydrogen-bond donors (Lipinski definition) is 0. The Labute approximate surface area is 80.0 Å². The maximum Gasteiger partial charge on any atom is 0.315 e. The topological polar surface area (TPSA) is 26.3 Å². The molecule has 0 N–H and O–H groups in total. The lowest BCUT2D eigenvalue weighted by Crippen LogP contribution is -2.31. The summed E-state index contributed by atoms with van der Waals surface area (Å²) < 4.78 is 5.09. The Hall–Kier alpha value is -0.790. The molecule has 0 aromatic rings. The quantitative estimate of drug-likeness (QED) is 0.495. The van der Waals surface area contributed by atoms with Crippen LogP contribution in [0.1, 0.15) is 39.5 Å². The smallest absolute Gasteiger partial charge is 0.315 e. The normalized spacial score (nSPS) is 27.2. The highest BCUT2D eigenvalue weighted by atomic mass is 16.5. The molecule has 2 nitrogen and oxygen atoms in total. The van der Waals surface area contributed by atoms with Crippen molar-refractivity contribution in [2.75, 3.05) is 6.61 Å². The molecule has 0 amide bonds. The fourth-order valence-electron chi connectivity index (χ4n) is 1.81. The molecule has 1 unspecified atom stereocenters. The van der Waals surface area contributed by atoms with Gasteiger partial charge in [-0.25, -0.2) is 0 Å². The van der Waals surface area contributed by atoms with Crippen molar-refractivity contribution in [1.82, 2.24) is 0 Å². The van der Waals surface area contributed by atoms with E-state index in [1.807, 2.05) is 19.9 Å². The Morgan fingerprint density at radius 3 is 2.77 bits per heavy atom. The average Bonchev–Trinajstić information content (AvgIpc) is 2.19. The van der Waals surface area contributed by atoms with Gasteiger partial charge in [-0.2, -0.15) is 0 Å². The van der Waals surface area contributed by atoms with Crippen LogP contribution in [0.15, 0.2) is 12.2 Å². The van der Waals surface area contributed by atoms with Gasteiger partial charge in [0.1, 0.15) is 0 Å². The number of ether oxygens (including phenoxy) is 1. The maximum absolute atomic E-state index is 11.7. The highest BCUT2D eigenvalue weighted by Crippen LogP contribution is 2.35. The number of allylic oxidation sites excluding steroid dienone is 1. The van der Waals surface area contributed by atoms with E-state index in [4.69, 9.17) is 4.74 Å². The summed E-state index contributed by atoms with van der Waals surface area (Å²) in [5.74, 6) is -0.0477. The Morgan fingerprint density at radius 1 is 1.54 bits per heavy atom. The molecule has 1 rings (SSSR count). The standard InChI is InChI=1S/C11H18O2/c1-3-11(10(12)13-4-2)8-6-5-7-9-11/h6,8H,3-5,7,9H2,1-2H3. The number of esters is 1. The van der Waals surface area contributed by atoms with Gasteiger partial charge in [-0.1, -0.05) is 19.1 Å². The van der Waals surface area contributed by atoms with E-state index in [0.717, 1.165) is 25.7 Å². The molecule has 74 valence electrons. The minimum absolute atomic E-state index is 0.0477. The second-order valence-corrected chi connectivity index (χ2v) is 3.52. The molecule has 0 aromatic heterocycles. The Kier molecular flexibility index (Phi) is 3.52. The third-order valence-corrected chi connectivity index (χ3v) is 2.74. The molecule has 0 aliphatic heterocycles. The van der Waals surface area contributed by atoms with E-state index >= 15 is 0 Å². The molecule has 1 aliphatic rings. The first-order valence-corrected chi connectivity index (χ1v) is 5.10. The molecule has 0 radical (unpaired) electrons. The third-order valence-electron chi connectivity index (χ3n) is 2.74. The summed E-state index contributed by atoms with van der Waals surface area (Å²) in [5, 5.41) is 0. The summed E-state index contributed by atoms with van der Waals surface area (Å²) in [5.41, 5.74) is -0.311. The Balaban J connectivity index is 2.73. The van der Waals surface area contributed by atoms with Crippen molar-refractivity contribution in [3.8, 4) is 0 Å². The van der Waals surface area contributed by atoms with Crippen LogP contribution in [0.4, 0.5) is 0 Å². The van der Waals surface area contributed by atoms with E-state index in [1.54, 1.807) is 0 Å². The van der Waals surface area contributed by atoms with Crippen molar-refractivity contribution in [3.63, 3.8) is 0 Å². The molecule has 0 heterocycles. The second-order valence-electron chi connectivity index (χ2n) is 3.52. The van der Waals surface area contributed by atoms with Crippen molar-refractivity contribution >= 4 is 5.97 Å². The van der Waals surface area contributed by atoms with Gasteiger partial charge in [-0.3, -0.25) is 4.79 Å². The monoisotopic (exact) mass is 182 g/mol. The molecule has 0 spiro atoms. The Morgan fingerprint density at radius 2 is 2.31 bits per heavy atom. The van der Waals surface area contributed by atoms with Crippen LogP contribution in [-0.4, -0.2) is 12.6 Å². The SMILES string of the molecule is CCOC(=O)C1(CC)C=CCCC1. The van der Waals surface area contributed by atoms with Crippen LogP contribution in [-0.2, 0) is 9.53 Å². The third kappa shape index (κ3) is 2.11. The summed E-state index contributed by atoms with van der Waals surface area (Å²) >= 11 is 0. The van der Waals surface area contributed by atoms with E-state index < -0.39 is 0 Å². The Bertz CT molecular complexity index is 208. The van der Waals surface area contributed by atoms with Gasteiger partial charge in [-0.15, -0.1) is 0 Å². The molecule has 0 saturated carbocycles. The predicted molar refractivity (Wildman–Crippen MR) is 52.3 cm³/mol. The zero-order valence-corrected chi connectivity index (χ0v) is 8.51. The van der Waals surface area contributed by atoms with Crippen LogP contribution < -0.4 is 0 Å². The number of rotatable bonds is 3. The van der Waals surface area contributed by atoms with Crippen molar-refractivity contribution < 1.29 is 9.53 Å². The highest BCUT2D eigenvalue weighted by molar-refractivity contribution is 5.79. The van der Waals surface area contributed by atoms with Gasteiger partial charge in [0.15, 0.2) is 0 Å². The van der Waals surface area contributed by atoms with Gasteiger partial charge in [0.2, 0.25) is 0 Å². The summed E-state index contributed by atoms with van der Waals surface area (Å²) in [4.78, 5) is 11.7. The fourth-order valence-corrected chi connectivity index (χ4v) is 1.81. The zero-order chi connectivity index (χ0) is 9.73. The van der Waals surface area contributed by atoms with Crippen LogP contribution in [0.3, 0.4) is 0 Å². The molecule has 1 atom stereocenters. The van der Waals surface area contributed by atoms with Crippen LogP contribution in [0, 0.1) is 5.41 Å². The van der Waals surface area contributed by atoms with Crippen molar-refractivity contribution in [2.24, 2.45) is 5.41 Å². The lowest BCUT2D eigenvalue weighted by atomic mass is 9.77. The van der Waals surface area contributed by atoms with Gasteiger partial charge in [0.25, 0.3) is 0 Å². The molecular weight excluding hydrogens is 164 g/mol. The molecule has 0 saturated heterocycles. The first-order valence-electron chi connectivity index (χ1n) is 5.10. The summed E-state index contributed by atoms with van der Waals surface area (Å²) in [6, 6.07) is 0. The fraction of sp³-hybridized carbons (Fsp3) is 0.727. The first kappa shape index (κ1) is 10.3. The summed E-state index contributed by atoms with van der Waals surface area (Å²) in [7, 11) is 0. The van der Waals surface area contributed by atoms with Crippen LogP contribution in [0.5, 0.6) is 0 Å². The van der Waals surface area contributed by atoms with Gasteiger partial charge in [0, 0.05) is 0 Å². The van der Waals surface area contributed by atoms with Crippen molar-refractivity contribution in [3.05, 3.63) is 12.2 Å². The minimum Gasteiger partial charge on any atom is -0.465 e. The predicted octanol–water partition coefficient (Wildman–Crippen LogP) is 2.69. The largest absolute Gasteiger partial charge is 0.465 e. The maximum atomic E-state index is 11.7. The second kappa shape index (κ2) is 4.45. The molecule has 2 heteroatoms. The van der Waals surface area contributed by atoms with Crippen molar-refractivity contribution in [2.45, 2.75) is 39.5 Å². The average molecular weight is 182 g/mol. The van der Waals surface area contributed by atoms with E-state index in [1.165, 1.54) is 0 Å². The number of carbonyl (C=O) groups is 1. The lowest BCUT2D eigenvalue weighted by molar-refractivity contribution is -0.153. The van der Waals surface area contributed by atoms with Crippen molar-refractivity contribution in [1.29, 1.82) is 0 Å². The van der Waals surface area contributed by atoms with Gasteiger partial charge >= 0.3 is 5.97 Å². The van der Waals surface area contributed by atoms with E-state index in [0.29, 0.717) is 6.61 Å². The molecule has 13 heavy (non-hydrogen) atoms. The molecule has 0 aromatic carbocycles. The zero-order valence-electron chi connectivity index (χ0n) is 8.51.